The lowest BCUT2D eigenvalue weighted by molar-refractivity contribution is -0.143. The van der Waals surface area contributed by atoms with E-state index in [0.29, 0.717) is 24.3 Å². The molecule has 6 nitrogen and oxygen atoms in total. The van der Waals surface area contributed by atoms with Crippen molar-refractivity contribution in [3.05, 3.63) is 90.0 Å². The van der Waals surface area contributed by atoms with Gasteiger partial charge in [0.2, 0.25) is 0 Å². The van der Waals surface area contributed by atoms with Crippen LogP contribution in [0.15, 0.2) is 78.9 Å². The Hall–Kier alpha value is -3.64. The second-order valence-corrected chi connectivity index (χ2v) is 8.59. The highest BCUT2D eigenvalue weighted by Gasteiger charge is 2.14. The van der Waals surface area contributed by atoms with Gasteiger partial charge in [0.05, 0.1) is 46.3 Å². The van der Waals surface area contributed by atoms with Crippen molar-refractivity contribution in [1.29, 1.82) is 0 Å². The van der Waals surface area contributed by atoms with E-state index in [9.17, 15) is 9.59 Å². The number of quaternary nitrogens is 1. The Kier molecular flexibility index (Phi) is 8.22. The highest BCUT2D eigenvalue weighted by atomic mass is 16.5. The first-order chi connectivity index (χ1) is 15.8. The first-order valence-corrected chi connectivity index (χ1v) is 11.0. The van der Waals surface area contributed by atoms with Crippen LogP contribution in [-0.2, 0) is 16.0 Å². The summed E-state index contributed by atoms with van der Waals surface area (Å²) in [4.78, 5) is 24.7. The summed E-state index contributed by atoms with van der Waals surface area (Å²) in [7, 11) is 6.29. The number of rotatable bonds is 10. The van der Waals surface area contributed by atoms with E-state index in [1.165, 1.54) is 5.69 Å². The van der Waals surface area contributed by atoms with E-state index in [1.807, 2.05) is 60.7 Å². The molecule has 0 aliphatic carbocycles. The second kappa shape index (κ2) is 11.3. The minimum absolute atomic E-state index is 0.237. The molecule has 0 unspecified atom stereocenters. The lowest BCUT2D eigenvalue weighted by Gasteiger charge is -2.23. The van der Waals surface area contributed by atoms with Crippen LogP contribution < -0.4 is 14.5 Å². The van der Waals surface area contributed by atoms with Crippen LogP contribution >= 0.6 is 0 Å². The average Bonchev–Trinajstić information content (AvgIpc) is 2.79. The normalized spacial score (nSPS) is 11.0. The summed E-state index contributed by atoms with van der Waals surface area (Å²) in [5, 5.41) is 2.86. The standard InChI is InChI=1S/C27H30N2O4/c1-29(2,3)23-16-14-21(15-17-23)20-26(30)33-19-9-18-32-25-13-8-7-12-24(25)27(31)28-22-10-5-4-6-11-22/h4-8,10-17H,9,18-20H2,1-3H3/p+1. The zero-order chi connectivity index (χ0) is 23.7. The number of carbonyl (C=O) groups is 2. The van der Waals surface area contributed by atoms with E-state index < -0.39 is 0 Å². The van der Waals surface area contributed by atoms with Crippen LogP contribution in [0.25, 0.3) is 0 Å². The van der Waals surface area contributed by atoms with Crippen LogP contribution in [0.3, 0.4) is 0 Å². The molecule has 3 aromatic rings. The van der Waals surface area contributed by atoms with E-state index in [1.54, 1.807) is 18.2 Å². The summed E-state index contributed by atoms with van der Waals surface area (Å²) >= 11 is 0. The number of amides is 1. The van der Waals surface area contributed by atoms with Crippen molar-refractivity contribution in [1.82, 2.24) is 4.48 Å². The Bertz CT molecular complexity index is 1060. The minimum atomic E-state index is -0.268. The Balaban J connectivity index is 1.42. The molecule has 1 N–H and O–H groups in total. The van der Waals surface area contributed by atoms with Crippen LogP contribution in [0, 0.1) is 0 Å². The van der Waals surface area contributed by atoms with Gasteiger partial charge in [-0.3, -0.25) is 14.1 Å². The number of carbonyl (C=O) groups excluding carboxylic acids is 2. The van der Waals surface area contributed by atoms with Crippen molar-refractivity contribution in [2.75, 3.05) is 39.7 Å². The Morgan fingerprint density at radius 3 is 2.18 bits per heavy atom. The first-order valence-electron chi connectivity index (χ1n) is 11.0. The molecular formula is C27H31N2O4+. The van der Waals surface area contributed by atoms with Crippen LogP contribution in [0.4, 0.5) is 11.4 Å². The Labute approximate surface area is 195 Å². The maximum Gasteiger partial charge on any atom is 0.310 e. The van der Waals surface area contributed by atoms with Crippen molar-refractivity contribution in [3.63, 3.8) is 0 Å². The molecule has 6 heteroatoms. The van der Waals surface area contributed by atoms with Crippen molar-refractivity contribution in [2.24, 2.45) is 0 Å². The fourth-order valence-corrected chi connectivity index (χ4v) is 3.21. The quantitative estimate of drug-likeness (QED) is 0.278. The van der Waals surface area contributed by atoms with Crippen molar-refractivity contribution in [3.8, 4) is 5.75 Å². The highest BCUT2D eigenvalue weighted by molar-refractivity contribution is 6.06. The third-order valence-electron chi connectivity index (χ3n) is 5.03. The van der Waals surface area contributed by atoms with E-state index >= 15 is 0 Å². The molecule has 3 rings (SSSR count). The van der Waals surface area contributed by atoms with Crippen LogP contribution in [0.2, 0.25) is 0 Å². The smallest absolute Gasteiger partial charge is 0.310 e. The van der Waals surface area contributed by atoms with Crippen molar-refractivity contribution >= 4 is 23.3 Å². The maximum absolute atomic E-state index is 12.6. The van der Waals surface area contributed by atoms with Crippen LogP contribution in [0.5, 0.6) is 5.75 Å². The molecule has 3 aromatic carbocycles. The number of para-hydroxylation sites is 2. The zero-order valence-electron chi connectivity index (χ0n) is 19.4. The third-order valence-corrected chi connectivity index (χ3v) is 5.03. The van der Waals surface area contributed by atoms with Gasteiger partial charge in [0.1, 0.15) is 11.4 Å². The second-order valence-electron chi connectivity index (χ2n) is 8.59. The van der Waals surface area contributed by atoms with Gasteiger partial charge in [0.15, 0.2) is 0 Å². The molecule has 0 aromatic heterocycles. The van der Waals surface area contributed by atoms with Crippen molar-refractivity contribution in [2.45, 2.75) is 12.8 Å². The Morgan fingerprint density at radius 1 is 0.818 bits per heavy atom. The predicted octanol–water partition coefficient (Wildman–Crippen LogP) is 4.69. The zero-order valence-corrected chi connectivity index (χ0v) is 19.4. The van der Waals surface area contributed by atoms with Crippen LogP contribution in [0.1, 0.15) is 22.3 Å². The largest absolute Gasteiger partial charge is 0.493 e. The highest BCUT2D eigenvalue weighted by Crippen LogP contribution is 2.20. The number of benzene rings is 3. The monoisotopic (exact) mass is 447 g/mol. The molecule has 0 aliphatic rings. The third kappa shape index (κ3) is 7.47. The van der Waals surface area contributed by atoms with Crippen LogP contribution in [-0.4, -0.2) is 46.2 Å². The van der Waals surface area contributed by atoms with Gasteiger partial charge in [-0.1, -0.05) is 42.5 Å². The van der Waals surface area contributed by atoms with E-state index in [4.69, 9.17) is 9.47 Å². The summed E-state index contributed by atoms with van der Waals surface area (Å²) in [6, 6.07) is 24.3. The summed E-state index contributed by atoms with van der Waals surface area (Å²) in [6.07, 6.45) is 0.765. The molecule has 172 valence electrons. The summed E-state index contributed by atoms with van der Waals surface area (Å²) in [5.41, 5.74) is 3.26. The molecule has 0 atom stereocenters. The lowest BCUT2D eigenvalue weighted by Crippen LogP contribution is -2.34. The van der Waals surface area contributed by atoms with Gasteiger partial charge in [-0.05, 0) is 42.0 Å². The summed E-state index contributed by atoms with van der Waals surface area (Å²) in [6.45, 7) is 0.593. The van der Waals surface area contributed by atoms with Crippen molar-refractivity contribution < 1.29 is 19.1 Å². The van der Waals surface area contributed by atoms with Gasteiger partial charge in [0.25, 0.3) is 5.91 Å². The molecule has 1 amide bonds. The molecule has 0 bridgehead atoms. The van der Waals surface area contributed by atoms with Gasteiger partial charge in [-0.15, -0.1) is 0 Å². The van der Waals surface area contributed by atoms with Gasteiger partial charge >= 0.3 is 5.97 Å². The minimum Gasteiger partial charge on any atom is -0.493 e. The number of hydrogen-bond donors (Lipinski definition) is 1. The fourth-order valence-electron chi connectivity index (χ4n) is 3.21. The molecular weight excluding hydrogens is 416 g/mol. The van der Waals surface area contributed by atoms with Gasteiger partial charge in [-0.25, -0.2) is 0 Å². The Morgan fingerprint density at radius 2 is 1.48 bits per heavy atom. The predicted molar refractivity (Wildman–Crippen MR) is 132 cm³/mol. The summed E-state index contributed by atoms with van der Waals surface area (Å²) in [5.74, 6) is -0.00950. The topological polar surface area (TPSA) is 64.6 Å². The average molecular weight is 448 g/mol. The van der Waals surface area contributed by atoms with E-state index in [-0.39, 0.29) is 24.9 Å². The first kappa shape index (κ1) is 24.0. The molecule has 0 spiro atoms. The number of anilines is 1. The molecule has 0 heterocycles. The molecule has 0 saturated heterocycles. The fraction of sp³-hybridized carbons (Fsp3) is 0.259. The number of nitrogens with one attached hydrogen (secondary N) is 1. The lowest BCUT2D eigenvalue weighted by atomic mass is 10.1. The summed E-state index contributed by atoms with van der Waals surface area (Å²) < 4.78 is 11.8. The van der Waals surface area contributed by atoms with Gasteiger partial charge in [0, 0.05) is 12.1 Å². The van der Waals surface area contributed by atoms with E-state index in [0.717, 1.165) is 15.7 Å². The number of nitrogens with zero attached hydrogens (tertiary/aromatic N) is 1. The number of hydrogen-bond acceptors (Lipinski definition) is 4. The SMILES string of the molecule is C[N+](C)(C)c1ccc(CC(=O)OCCCOc2ccccc2C(=O)Nc2ccccc2)cc1. The van der Waals surface area contributed by atoms with E-state index in [2.05, 4.69) is 26.5 Å². The molecule has 0 saturated carbocycles. The van der Waals surface area contributed by atoms with Gasteiger partial charge < -0.3 is 14.8 Å². The molecule has 0 radical (unpaired) electrons. The number of ether oxygens (including phenoxy) is 2. The van der Waals surface area contributed by atoms with Gasteiger partial charge in [-0.2, -0.15) is 0 Å². The molecule has 33 heavy (non-hydrogen) atoms. The number of esters is 1. The molecule has 0 aliphatic heterocycles. The maximum atomic E-state index is 12.6. The molecule has 0 fully saturated rings.